The molecule has 0 radical (unpaired) electrons. The lowest BCUT2D eigenvalue weighted by Crippen LogP contribution is -2.27. The Morgan fingerprint density at radius 2 is 2.33 bits per heavy atom. The van der Waals surface area contributed by atoms with Gasteiger partial charge in [-0.2, -0.15) is 0 Å². The van der Waals surface area contributed by atoms with Crippen LogP contribution < -0.4 is 10.1 Å². The van der Waals surface area contributed by atoms with Crippen LogP contribution in [0.1, 0.15) is 29.6 Å². The molecule has 3 rings (SSSR count). The number of anilines is 1. The number of nitrogens with one attached hydrogen (secondary N) is 1. The number of carbonyl (C=O) groups is 1. The van der Waals surface area contributed by atoms with Crippen molar-refractivity contribution in [2.45, 2.75) is 25.3 Å². The lowest BCUT2D eigenvalue weighted by Gasteiger charge is -2.20. The van der Waals surface area contributed by atoms with Gasteiger partial charge < -0.3 is 15.2 Å². The molecule has 1 spiro atoms. The van der Waals surface area contributed by atoms with E-state index in [2.05, 4.69) is 19.4 Å². The van der Waals surface area contributed by atoms with Crippen molar-refractivity contribution in [1.29, 1.82) is 0 Å². The summed E-state index contributed by atoms with van der Waals surface area (Å²) in [5.41, 5.74) is 1.70. The zero-order chi connectivity index (χ0) is 15.0. The Kier molecular flexibility index (Phi) is 3.80. The zero-order valence-electron chi connectivity index (χ0n) is 12.1. The maximum absolute atomic E-state index is 11.2. The second-order valence-corrected chi connectivity index (χ2v) is 6.80. The van der Waals surface area contributed by atoms with Crippen LogP contribution in [0.4, 0.5) is 5.69 Å². The molecule has 1 aromatic rings. The highest BCUT2D eigenvalue weighted by Gasteiger charge is 2.50. The van der Waals surface area contributed by atoms with Crippen molar-refractivity contribution >= 4 is 21.4 Å². The smallest absolute Gasteiger partial charge is 0.161 e. The molecule has 0 amide bonds. The topological polar surface area (TPSA) is 61.8 Å². The zero-order valence-corrected chi connectivity index (χ0v) is 13.3. The maximum Gasteiger partial charge on any atom is 0.161 e. The number of phenols is 1. The van der Waals surface area contributed by atoms with Crippen LogP contribution in [0, 0.1) is 5.41 Å². The highest BCUT2D eigenvalue weighted by molar-refractivity contribution is 7.13. The summed E-state index contributed by atoms with van der Waals surface area (Å²) in [4.78, 5) is 11.2. The average Bonchev–Trinajstić information content (AvgIpc) is 3.14. The van der Waals surface area contributed by atoms with Crippen LogP contribution in [0.25, 0.3) is 0 Å². The van der Waals surface area contributed by atoms with Crippen LogP contribution in [0.15, 0.2) is 12.1 Å². The van der Waals surface area contributed by atoms with E-state index < -0.39 is 0 Å². The number of hydrogen-bond acceptors (Lipinski definition) is 5. The third kappa shape index (κ3) is 2.85. The fourth-order valence-electron chi connectivity index (χ4n) is 3.15. The molecule has 1 aromatic carbocycles. The molecule has 1 saturated carbocycles. The minimum atomic E-state index is 0.0402. The molecule has 1 heterocycles. The van der Waals surface area contributed by atoms with E-state index in [0.29, 0.717) is 28.5 Å². The maximum atomic E-state index is 11.2. The van der Waals surface area contributed by atoms with Crippen molar-refractivity contribution < 1.29 is 14.6 Å². The molecule has 6 heteroatoms. The van der Waals surface area contributed by atoms with Gasteiger partial charge in [0.15, 0.2) is 17.8 Å². The van der Waals surface area contributed by atoms with Gasteiger partial charge in [0, 0.05) is 36.4 Å². The van der Waals surface area contributed by atoms with Gasteiger partial charge in [0.1, 0.15) is 0 Å². The van der Waals surface area contributed by atoms with E-state index in [9.17, 15) is 9.90 Å². The fourth-order valence-corrected chi connectivity index (χ4v) is 3.75. The number of ether oxygens (including phenoxy) is 1. The number of aromatic hydroxyl groups is 1. The van der Waals surface area contributed by atoms with Gasteiger partial charge in [-0.1, -0.05) is 9.39 Å². The van der Waals surface area contributed by atoms with Gasteiger partial charge >= 0.3 is 0 Å². The van der Waals surface area contributed by atoms with E-state index >= 15 is 0 Å². The van der Waals surface area contributed by atoms with Crippen LogP contribution >= 0.6 is 9.39 Å². The van der Waals surface area contributed by atoms with Crippen LogP contribution in [-0.4, -0.2) is 42.3 Å². The van der Waals surface area contributed by atoms with Gasteiger partial charge in [0.2, 0.25) is 0 Å². The monoisotopic (exact) mass is 308 g/mol. The van der Waals surface area contributed by atoms with Crippen LogP contribution in [0.5, 0.6) is 11.5 Å². The number of phenolic OH excluding ortho intramolecular Hbond substituents is 1. The van der Waals surface area contributed by atoms with Crippen molar-refractivity contribution in [3.63, 3.8) is 0 Å². The van der Waals surface area contributed by atoms with Gasteiger partial charge in [-0.25, -0.2) is 0 Å². The summed E-state index contributed by atoms with van der Waals surface area (Å²) in [6.07, 6.45) is 4.64. The Labute approximate surface area is 126 Å². The fraction of sp³-hybridized carbons (Fsp3) is 0.533. The number of rotatable bonds is 5. The Morgan fingerprint density at radius 1 is 1.57 bits per heavy atom. The molecule has 5 nitrogen and oxygen atoms in total. The van der Waals surface area contributed by atoms with Gasteiger partial charge in [-0.15, -0.1) is 0 Å². The molecule has 0 bridgehead atoms. The third-order valence-electron chi connectivity index (χ3n) is 4.62. The largest absolute Gasteiger partial charge is 0.504 e. The number of methoxy groups -OCH3 is 1. The second-order valence-electron chi connectivity index (χ2n) is 6.14. The van der Waals surface area contributed by atoms with E-state index in [-0.39, 0.29) is 5.75 Å². The Morgan fingerprint density at radius 3 is 2.90 bits per heavy atom. The number of hydrogen-bond donors (Lipinski definition) is 2. The lowest BCUT2D eigenvalue weighted by molar-refractivity contribution is 0.112. The molecule has 2 fully saturated rings. The quantitative estimate of drug-likeness (QED) is 0.645. The Hall–Kier alpha value is -1.32. The van der Waals surface area contributed by atoms with Gasteiger partial charge in [-0.05, 0) is 30.7 Å². The summed E-state index contributed by atoms with van der Waals surface area (Å²) in [5.74, 6) is 0.353. The summed E-state index contributed by atoms with van der Waals surface area (Å²) in [5, 5.41) is 13.1. The third-order valence-corrected chi connectivity index (χ3v) is 5.22. The van der Waals surface area contributed by atoms with Crippen LogP contribution in [0.3, 0.4) is 0 Å². The van der Waals surface area contributed by atoms with Gasteiger partial charge in [0.25, 0.3) is 0 Å². The van der Waals surface area contributed by atoms with Crippen LogP contribution in [-0.2, 0) is 0 Å². The van der Waals surface area contributed by atoms with Gasteiger partial charge in [0.05, 0.1) is 7.11 Å². The number of nitrogens with zero attached hydrogens (tertiary/aromatic N) is 1. The van der Waals surface area contributed by atoms with E-state index in [4.69, 9.17) is 4.74 Å². The number of aldehydes is 1. The molecule has 2 N–H and O–H groups in total. The van der Waals surface area contributed by atoms with Crippen molar-refractivity contribution in [2.75, 3.05) is 25.5 Å². The molecule has 1 aliphatic carbocycles. The Bertz CT molecular complexity index is 560. The standard InChI is InChI=1S/C15H21N2O3P/c1-20-14-4-10(8-18)12(5-13(14)19)16-7-11-6-15(2-3-15)9-17(11)21/h4-5,8,11,16,19H,2-3,6-7,9,21H2,1H3. The molecule has 2 unspecified atom stereocenters. The molecule has 1 aliphatic heterocycles. The van der Waals surface area contributed by atoms with E-state index in [1.54, 1.807) is 12.1 Å². The molecule has 2 atom stereocenters. The van der Waals surface area contributed by atoms with Crippen LogP contribution in [0.2, 0.25) is 0 Å². The van der Waals surface area contributed by atoms with E-state index in [1.165, 1.54) is 26.4 Å². The minimum absolute atomic E-state index is 0.0402. The van der Waals surface area contributed by atoms with Crippen molar-refractivity contribution in [3.8, 4) is 11.5 Å². The van der Waals surface area contributed by atoms with E-state index in [0.717, 1.165) is 19.4 Å². The lowest BCUT2D eigenvalue weighted by atomic mass is 10.0. The van der Waals surface area contributed by atoms with E-state index in [1.807, 2.05) is 0 Å². The molecule has 21 heavy (non-hydrogen) atoms. The number of carbonyl (C=O) groups excluding carboxylic acids is 1. The first-order chi connectivity index (χ1) is 10.1. The highest BCUT2D eigenvalue weighted by atomic mass is 31.0. The molecular weight excluding hydrogens is 287 g/mol. The molecule has 1 saturated heterocycles. The predicted molar refractivity (Wildman–Crippen MR) is 85.0 cm³/mol. The Balaban J connectivity index is 1.70. The summed E-state index contributed by atoms with van der Waals surface area (Å²) < 4.78 is 7.33. The van der Waals surface area contributed by atoms with Crippen molar-refractivity contribution in [2.24, 2.45) is 5.41 Å². The average molecular weight is 308 g/mol. The SMILES string of the molecule is COc1cc(C=O)c(NCC2CC3(CC3)CN2P)cc1O. The highest BCUT2D eigenvalue weighted by Crippen LogP contribution is 2.55. The summed E-state index contributed by atoms with van der Waals surface area (Å²) in [6.45, 7) is 1.90. The summed E-state index contributed by atoms with van der Waals surface area (Å²) in [7, 11) is 4.28. The number of benzene rings is 1. The molecule has 114 valence electrons. The minimum Gasteiger partial charge on any atom is -0.504 e. The second kappa shape index (κ2) is 5.47. The molecular formula is C15H21N2O3P. The first-order valence-electron chi connectivity index (χ1n) is 7.18. The predicted octanol–water partition coefficient (Wildman–Crippen LogP) is 2.27. The first kappa shape index (κ1) is 14.6. The summed E-state index contributed by atoms with van der Waals surface area (Å²) >= 11 is 0. The normalized spacial score (nSPS) is 23.2. The molecule has 2 aliphatic rings. The van der Waals surface area contributed by atoms with Crippen molar-refractivity contribution in [1.82, 2.24) is 4.67 Å². The first-order valence-corrected chi connectivity index (χ1v) is 7.70. The molecule has 0 aromatic heterocycles. The summed E-state index contributed by atoms with van der Waals surface area (Å²) in [6, 6.07) is 3.55. The van der Waals surface area contributed by atoms with Crippen molar-refractivity contribution in [3.05, 3.63) is 17.7 Å². The van der Waals surface area contributed by atoms with Gasteiger partial charge in [-0.3, -0.25) is 9.46 Å².